The number of nitrogens with two attached hydrogens (primary N) is 1. The Labute approximate surface area is 99.3 Å². The van der Waals surface area contributed by atoms with Crippen LogP contribution >= 0.6 is 15.9 Å². The maximum absolute atomic E-state index is 5.96. The first-order chi connectivity index (χ1) is 7.06. The Hall–Kier alpha value is -0.420. The molecule has 0 heterocycles. The summed E-state index contributed by atoms with van der Waals surface area (Å²) in [5.41, 5.74) is 7.10. The molecule has 0 aromatic heterocycles. The molecule has 0 bridgehead atoms. The summed E-state index contributed by atoms with van der Waals surface area (Å²) < 4.78 is 1.05. The van der Waals surface area contributed by atoms with Crippen LogP contribution in [0.25, 0.3) is 0 Å². The van der Waals surface area contributed by atoms with Gasteiger partial charge in [-0.1, -0.05) is 28.1 Å². The van der Waals surface area contributed by atoms with Gasteiger partial charge in [0.05, 0.1) is 13.2 Å². The Morgan fingerprint density at radius 3 is 2.60 bits per heavy atom. The molecule has 2 N–H and O–H groups in total. The molecule has 0 radical (unpaired) electrons. The average Bonchev–Trinajstić information content (AvgIpc) is 2.17. The van der Waals surface area contributed by atoms with Crippen molar-refractivity contribution in [2.45, 2.75) is 19.0 Å². The van der Waals surface area contributed by atoms with E-state index in [9.17, 15) is 0 Å². The van der Waals surface area contributed by atoms with Crippen LogP contribution in [0.4, 0.5) is 0 Å². The fourth-order valence-electron chi connectivity index (χ4n) is 1.65. The van der Waals surface area contributed by atoms with Crippen molar-refractivity contribution < 1.29 is 4.84 Å². The lowest BCUT2D eigenvalue weighted by Gasteiger charge is -2.29. The lowest BCUT2D eigenvalue weighted by molar-refractivity contribution is -0.146. The molecule has 0 aliphatic heterocycles. The second-order valence-corrected chi connectivity index (χ2v) is 4.50. The fourth-order valence-corrected chi connectivity index (χ4v) is 2.07. The number of rotatable bonds is 4. The van der Waals surface area contributed by atoms with E-state index in [1.807, 2.05) is 32.2 Å². The molecule has 0 spiro atoms. The van der Waals surface area contributed by atoms with Gasteiger partial charge in [-0.15, -0.1) is 0 Å². The van der Waals surface area contributed by atoms with Gasteiger partial charge in [0.2, 0.25) is 0 Å². The van der Waals surface area contributed by atoms with Crippen molar-refractivity contribution >= 4 is 15.9 Å². The number of hydrogen-bond acceptors (Lipinski definition) is 3. The van der Waals surface area contributed by atoms with Crippen molar-refractivity contribution in [3.8, 4) is 0 Å². The molecule has 0 aliphatic rings. The molecule has 1 aromatic carbocycles. The van der Waals surface area contributed by atoms with Crippen LogP contribution in [-0.4, -0.2) is 25.3 Å². The third-order valence-electron chi connectivity index (χ3n) is 2.37. The molecule has 0 saturated heterocycles. The standard InChI is InChI=1S/C11H17BrN2O/c1-8(13)11(14(2)15-3)9-5-4-6-10(12)7-9/h4-8,11H,13H2,1-3H3. The maximum Gasteiger partial charge on any atom is 0.0747 e. The zero-order valence-electron chi connectivity index (χ0n) is 9.27. The number of hydrogen-bond donors (Lipinski definition) is 1. The Morgan fingerprint density at radius 2 is 2.13 bits per heavy atom. The normalized spacial score (nSPS) is 15.3. The molecule has 3 nitrogen and oxygen atoms in total. The van der Waals surface area contributed by atoms with E-state index in [1.54, 1.807) is 12.2 Å². The third-order valence-corrected chi connectivity index (χ3v) is 2.86. The lowest BCUT2D eigenvalue weighted by Crippen LogP contribution is -2.36. The monoisotopic (exact) mass is 272 g/mol. The highest BCUT2D eigenvalue weighted by Gasteiger charge is 2.21. The van der Waals surface area contributed by atoms with Gasteiger partial charge in [0.25, 0.3) is 0 Å². The lowest BCUT2D eigenvalue weighted by atomic mass is 10.0. The summed E-state index contributed by atoms with van der Waals surface area (Å²) in [6.45, 7) is 1.97. The van der Waals surface area contributed by atoms with Crippen molar-refractivity contribution in [3.05, 3.63) is 34.3 Å². The molecule has 2 atom stereocenters. The minimum absolute atomic E-state index is 0.00394. The molecule has 0 aliphatic carbocycles. The van der Waals surface area contributed by atoms with E-state index in [-0.39, 0.29) is 12.1 Å². The molecule has 1 rings (SSSR count). The van der Waals surface area contributed by atoms with Crippen LogP contribution < -0.4 is 5.73 Å². The SMILES string of the molecule is CON(C)C(c1cccc(Br)c1)C(C)N. The average molecular weight is 273 g/mol. The van der Waals surface area contributed by atoms with Gasteiger partial charge in [-0.2, -0.15) is 5.06 Å². The molecule has 1 aromatic rings. The van der Waals surface area contributed by atoms with Crippen LogP contribution in [0.15, 0.2) is 28.7 Å². The first-order valence-electron chi connectivity index (χ1n) is 4.84. The summed E-state index contributed by atoms with van der Waals surface area (Å²) in [5.74, 6) is 0. The van der Waals surface area contributed by atoms with Gasteiger partial charge in [0.1, 0.15) is 0 Å². The smallest absolute Gasteiger partial charge is 0.0747 e. The Bertz CT molecular complexity index is 317. The number of benzene rings is 1. The molecular weight excluding hydrogens is 256 g/mol. The highest BCUT2D eigenvalue weighted by atomic mass is 79.9. The molecule has 15 heavy (non-hydrogen) atoms. The van der Waals surface area contributed by atoms with Gasteiger partial charge in [-0.3, -0.25) is 0 Å². The molecule has 0 saturated carbocycles. The molecule has 4 heteroatoms. The fraction of sp³-hybridized carbons (Fsp3) is 0.455. The van der Waals surface area contributed by atoms with Crippen molar-refractivity contribution in [2.75, 3.05) is 14.2 Å². The summed E-state index contributed by atoms with van der Waals surface area (Å²) in [7, 11) is 3.53. The topological polar surface area (TPSA) is 38.5 Å². The van der Waals surface area contributed by atoms with Gasteiger partial charge in [-0.25, -0.2) is 0 Å². The summed E-state index contributed by atoms with van der Waals surface area (Å²) in [6.07, 6.45) is 0. The largest absolute Gasteiger partial charge is 0.326 e. The van der Waals surface area contributed by atoms with Gasteiger partial charge < -0.3 is 10.6 Å². The highest BCUT2D eigenvalue weighted by molar-refractivity contribution is 9.10. The maximum atomic E-state index is 5.96. The molecule has 0 fully saturated rings. The minimum Gasteiger partial charge on any atom is -0.326 e. The van der Waals surface area contributed by atoms with E-state index in [4.69, 9.17) is 10.6 Å². The minimum atomic E-state index is 0.00394. The molecule has 0 amide bonds. The molecule has 2 unspecified atom stereocenters. The van der Waals surface area contributed by atoms with Crippen LogP contribution in [0.2, 0.25) is 0 Å². The Kier molecular flexibility index (Phi) is 4.73. The van der Waals surface area contributed by atoms with E-state index in [0.29, 0.717) is 0 Å². The first kappa shape index (κ1) is 12.6. The van der Waals surface area contributed by atoms with Crippen LogP contribution in [0, 0.1) is 0 Å². The van der Waals surface area contributed by atoms with E-state index in [0.717, 1.165) is 10.0 Å². The second kappa shape index (κ2) is 5.61. The number of likely N-dealkylation sites (N-methyl/N-ethyl adjacent to an activating group) is 1. The van der Waals surface area contributed by atoms with Crippen molar-refractivity contribution in [3.63, 3.8) is 0 Å². The summed E-state index contributed by atoms with van der Waals surface area (Å²) in [5, 5.41) is 1.77. The van der Waals surface area contributed by atoms with Gasteiger partial charge in [0.15, 0.2) is 0 Å². The molecular formula is C11H17BrN2O. The Morgan fingerprint density at radius 1 is 1.47 bits per heavy atom. The van der Waals surface area contributed by atoms with Gasteiger partial charge in [0, 0.05) is 17.6 Å². The van der Waals surface area contributed by atoms with E-state index < -0.39 is 0 Å². The highest BCUT2D eigenvalue weighted by Crippen LogP contribution is 2.24. The van der Waals surface area contributed by atoms with Crippen molar-refractivity contribution in [2.24, 2.45) is 5.73 Å². The van der Waals surface area contributed by atoms with Gasteiger partial charge >= 0.3 is 0 Å². The second-order valence-electron chi connectivity index (χ2n) is 3.59. The van der Waals surface area contributed by atoms with Crippen LogP contribution in [0.1, 0.15) is 18.5 Å². The first-order valence-corrected chi connectivity index (χ1v) is 5.63. The predicted molar refractivity (Wildman–Crippen MR) is 65.3 cm³/mol. The third kappa shape index (κ3) is 3.28. The zero-order valence-corrected chi connectivity index (χ0v) is 10.9. The van der Waals surface area contributed by atoms with Crippen LogP contribution in [-0.2, 0) is 4.84 Å². The number of nitrogens with zero attached hydrogens (tertiary/aromatic N) is 1. The summed E-state index contributed by atoms with van der Waals surface area (Å²) in [4.78, 5) is 5.21. The van der Waals surface area contributed by atoms with Crippen LogP contribution in [0.5, 0.6) is 0 Å². The van der Waals surface area contributed by atoms with Gasteiger partial charge in [-0.05, 0) is 24.6 Å². The van der Waals surface area contributed by atoms with Crippen LogP contribution in [0.3, 0.4) is 0 Å². The predicted octanol–water partition coefficient (Wildman–Crippen LogP) is 2.33. The van der Waals surface area contributed by atoms with Crippen molar-refractivity contribution in [1.29, 1.82) is 0 Å². The Balaban J connectivity index is 2.99. The summed E-state index contributed by atoms with van der Waals surface area (Å²) in [6, 6.07) is 8.17. The van der Waals surface area contributed by atoms with E-state index in [1.165, 1.54) is 0 Å². The van der Waals surface area contributed by atoms with E-state index >= 15 is 0 Å². The molecule has 84 valence electrons. The number of hydroxylamine groups is 2. The van der Waals surface area contributed by atoms with Crippen molar-refractivity contribution in [1.82, 2.24) is 5.06 Å². The number of halogens is 1. The zero-order chi connectivity index (χ0) is 11.4. The summed E-state index contributed by atoms with van der Waals surface area (Å²) >= 11 is 3.45. The van der Waals surface area contributed by atoms with E-state index in [2.05, 4.69) is 22.0 Å². The quantitative estimate of drug-likeness (QED) is 0.856.